The van der Waals surface area contributed by atoms with Crippen LogP contribution in [0.3, 0.4) is 0 Å². The smallest absolute Gasteiger partial charge is 0.255 e. The van der Waals surface area contributed by atoms with Crippen LogP contribution in [0.4, 0.5) is 0 Å². The number of aliphatic hydroxyl groups is 1. The number of hydrogen-bond acceptors (Lipinski definition) is 6. The Kier molecular flexibility index (Phi) is 7.38. The summed E-state index contributed by atoms with van der Waals surface area (Å²) in [5, 5.41) is 15.6. The minimum absolute atomic E-state index is 0.00367. The summed E-state index contributed by atoms with van der Waals surface area (Å²) in [4.78, 5) is 37.9. The molecule has 2 aliphatic carbocycles. The van der Waals surface area contributed by atoms with Crippen molar-refractivity contribution in [2.75, 3.05) is 6.61 Å². The molecule has 0 spiro atoms. The van der Waals surface area contributed by atoms with Crippen LogP contribution in [0.1, 0.15) is 67.6 Å². The van der Waals surface area contributed by atoms with Crippen molar-refractivity contribution in [1.82, 2.24) is 25.6 Å². The quantitative estimate of drug-likeness (QED) is 0.358. The number of aliphatic hydroxyl groups excluding tert-OH is 1. The second-order valence-electron chi connectivity index (χ2n) is 11.1. The number of hydrogen-bond donors (Lipinski definition) is 4. The molecule has 2 aromatic heterocycles. The zero-order valence-corrected chi connectivity index (χ0v) is 22.5. The summed E-state index contributed by atoms with van der Waals surface area (Å²) >= 11 is 0. The van der Waals surface area contributed by atoms with E-state index in [0.29, 0.717) is 23.6 Å². The molecular formula is C29H37N5O4. The van der Waals surface area contributed by atoms with Crippen LogP contribution < -0.4 is 15.4 Å². The summed E-state index contributed by atoms with van der Waals surface area (Å²) in [6.07, 6.45) is 5.12. The van der Waals surface area contributed by atoms with E-state index in [1.807, 2.05) is 26.0 Å². The number of aromatic amines is 1. The Morgan fingerprint density at radius 3 is 2.66 bits per heavy atom. The summed E-state index contributed by atoms with van der Waals surface area (Å²) in [6, 6.07) is 6.07. The summed E-state index contributed by atoms with van der Waals surface area (Å²) < 4.78 is 6.17. The Hall–Kier alpha value is -3.46. The number of ether oxygens (including phenoxy) is 1. The van der Waals surface area contributed by atoms with Gasteiger partial charge in [-0.2, -0.15) is 0 Å². The second-order valence-corrected chi connectivity index (χ2v) is 11.1. The fourth-order valence-corrected chi connectivity index (χ4v) is 5.35. The standard InChI is InChI=1S/C29H37N5O4/c1-15-5-10-23(38-13-19-6-7-19)21(11-15)25-27-26(31-14-30-25)24(17(3)32-27)29(37)34-22-9-8-20(12-16(22)2)33-28(36)18(4)35/h5,10-11,14,16,18-20,22,32,35H,6-9,12-13H2,1-4H3,(H,33,36)(H,34,37)/t16-,18+,20-,22-/m1/s1. The maximum Gasteiger partial charge on any atom is 0.255 e. The fraction of sp³-hybridized carbons (Fsp3) is 0.517. The molecule has 4 N–H and O–H groups in total. The number of amides is 2. The lowest BCUT2D eigenvalue weighted by Crippen LogP contribution is -2.49. The van der Waals surface area contributed by atoms with Crippen molar-refractivity contribution in [1.29, 1.82) is 0 Å². The first-order valence-electron chi connectivity index (χ1n) is 13.6. The monoisotopic (exact) mass is 519 g/mol. The van der Waals surface area contributed by atoms with Crippen molar-refractivity contribution in [2.45, 2.75) is 78.0 Å². The third kappa shape index (κ3) is 5.53. The molecule has 5 rings (SSSR count). The van der Waals surface area contributed by atoms with Crippen LogP contribution in [0.15, 0.2) is 24.5 Å². The van der Waals surface area contributed by atoms with Crippen molar-refractivity contribution in [3.63, 3.8) is 0 Å². The minimum Gasteiger partial charge on any atom is -0.493 e. The summed E-state index contributed by atoms with van der Waals surface area (Å²) in [6.45, 7) is 8.16. The second kappa shape index (κ2) is 10.7. The lowest BCUT2D eigenvalue weighted by atomic mass is 9.82. The van der Waals surface area contributed by atoms with Crippen LogP contribution in [0.25, 0.3) is 22.3 Å². The van der Waals surface area contributed by atoms with Crippen LogP contribution in [-0.4, -0.2) is 56.7 Å². The van der Waals surface area contributed by atoms with Crippen molar-refractivity contribution in [3.8, 4) is 17.0 Å². The summed E-state index contributed by atoms with van der Waals surface area (Å²) in [7, 11) is 0. The first-order valence-corrected chi connectivity index (χ1v) is 13.6. The van der Waals surface area contributed by atoms with Gasteiger partial charge < -0.3 is 25.5 Å². The lowest BCUT2D eigenvalue weighted by Gasteiger charge is -2.35. The van der Waals surface area contributed by atoms with Gasteiger partial charge >= 0.3 is 0 Å². The highest BCUT2D eigenvalue weighted by atomic mass is 16.5. The van der Waals surface area contributed by atoms with Gasteiger partial charge in [0.1, 0.15) is 29.4 Å². The Bertz CT molecular complexity index is 1350. The Balaban J connectivity index is 1.37. The Labute approximate surface area is 222 Å². The zero-order valence-electron chi connectivity index (χ0n) is 22.5. The number of H-pyrrole nitrogens is 1. The van der Waals surface area contributed by atoms with E-state index in [1.54, 1.807) is 0 Å². The number of carbonyl (C=O) groups is 2. The average Bonchev–Trinajstić information content (AvgIpc) is 3.64. The predicted octanol–water partition coefficient (Wildman–Crippen LogP) is 3.81. The van der Waals surface area contributed by atoms with E-state index >= 15 is 0 Å². The molecule has 2 heterocycles. The Morgan fingerprint density at radius 2 is 1.95 bits per heavy atom. The molecule has 38 heavy (non-hydrogen) atoms. The molecule has 0 radical (unpaired) electrons. The van der Waals surface area contributed by atoms with Gasteiger partial charge in [-0.3, -0.25) is 9.59 Å². The van der Waals surface area contributed by atoms with Crippen LogP contribution in [0, 0.1) is 25.7 Å². The number of aromatic nitrogens is 3. The van der Waals surface area contributed by atoms with Gasteiger partial charge in [0.2, 0.25) is 5.91 Å². The van der Waals surface area contributed by atoms with E-state index in [-0.39, 0.29) is 29.8 Å². The van der Waals surface area contributed by atoms with Gasteiger partial charge in [0.15, 0.2) is 0 Å². The molecule has 2 fully saturated rings. The van der Waals surface area contributed by atoms with E-state index in [2.05, 4.69) is 38.6 Å². The fourth-order valence-electron chi connectivity index (χ4n) is 5.35. The summed E-state index contributed by atoms with van der Waals surface area (Å²) in [5.41, 5.74) is 5.26. The van der Waals surface area contributed by atoms with Gasteiger partial charge in [0.05, 0.1) is 17.7 Å². The minimum atomic E-state index is -1.03. The topological polar surface area (TPSA) is 129 Å². The SMILES string of the molecule is Cc1ccc(OCC2CC2)c(-c2ncnc3c(C(=O)N[C@@H]4CC[C@@H](NC(=O)[C@H](C)O)C[C@H]4C)c(C)[nH]c23)c1. The van der Waals surface area contributed by atoms with Crippen LogP contribution in [0.5, 0.6) is 5.75 Å². The molecular weight excluding hydrogens is 482 g/mol. The number of carbonyl (C=O) groups excluding carboxylic acids is 2. The molecule has 0 aliphatic heterocycles. The van der Waals surface area contributed by atoms with Gasteiger partial charge in [0.25, 0.3) is 5.91 Å². The third-order valence-corrected chi connectivity index (χ3v) is 7.77. The number of nitrogens with one attached hydrogen (secondary N) is 3. The van der Waals surface area contributed by atoms with Crippen LogP contribution in [-0.2, 0) is 4.79 Å². The van der Waals surface area contributed by atoms with E-state index in [4.69, 9.17) is 4.74 Å². The van der Waals surface area contributed by atoms with E-state index < -0.39 is 6.10 Å². The largest absolute Gasteiger partial charge is 0.493 e. The highest BCUT2D eigenvalue weighted by molar-refractivity contribution is 6.09. The van der Waals surface area contributed by atoms with Gasteiger partial charge in [-0.05, 0) is 76.8 Å². The molecule has 1 aromatic carbocycles. The number of rotatable bonds is 8. The molecule has 4 atom stereocenters. The van der Waals surface area contributed by atoms with Crippen molar-refractivity contribution >= 4 is 22.8 Å². The number of fused-ring (bicyclic) bond motifs is 1. The third-order valence-electron chi connectivity index (χ3n) is 7.77. The normalized spacial score (nSPS) is 22.2. The number of benzene rings is 1. The van der Waals surface area contributed by atoms with Crippen molar-refractivity contribution in [2.24, 2.45) is 11.8 Å². The highest BCUT2D eigenvalue weighted by Gasteiger charge is 2.32. The maximum absolute atomic E-state index is 13.5. The lowest BCUT2D eigenvalue weighted by molar-refractivity contribution is -0.129. The van der Waals surface area contributed by atoms with Crippen LogP contribution >= 0.6 is 0 Å². The molecule has 9 nitrogen and oxygen atoms in total. The molecule has 202 valence electrons. The molecule has 0 bridgehead atoms. The van der Waals surface area contributed by atoms with E-state index in [0.717, 1.165) is 53.0 Å². The molecule has 2 saturated carbocycles. The predicted molar refractivity (Wildman–Crippen MR) is 145 cm³/mol. The summed E-state index contributed by atoms with van der Waals surface area (Å²) in [5.74, 6) is 1.06. The number of aryl methyl sites for hydroxylation is 2. The van der Waals surface area contributed by atoms with Crippen molar-refractivity contribution < 1.29 is 19.4 Å². The Morgan fingerprint density at radius 1 is 1.16 bits per heavy atom. The van der Waals surface area contributed by atoms with Crippen molar-refractivity contribution in [3.05, 3.63) is 41.3 Å². The molecule has 2 amide bonds. The van der Waals surface area contributed by atoms with Gasteiger partial charge in [-0.15, -0.1) is 0 Å². The van der Waals surface area contributed by atoms with E-state index in [1.165, 1.54) is 26.1 Å². The van der Waals surface area contributed by atoms with Crippen LogP contribution in [0.2, 0.25) is 0 Å². The highest BCUT2D eigenvalue weighted by Crippen LogP contribution is 2.37. The molecule has 2 aliphatic rings. The maximum atomic E-state index is 13.5. The molecule has 3 aromatic rings. The zero-order chi connectivity index (χ0) is 27.0. The number of nitrogens with zero attached hydrogens (tertiary/aromatic N) is 2. The van der Waals surface area contributed by atoms with Gasteiger partial charge in [0, 0.05) is 23.3 Å². The first-order chi connectivity index (χ1) is 18.2. The van der Waals surface area contributed by atoms with E-state index in [9.17, 15) is 14.7 Å². The van der Waals surface area contributed by atoms with Gasteiger partial charge in [-0.25, -0.2) is 9.97 Å². The molecule has 9 heteroatoms. The molecule has 0 unspecified atom stereocenters. The van der Waals surface area contributed by atoms with Gasteiger partial charge in [-0.1, -0.05) is 18.6 Å². The average molecular weight is 520 g/mol. The molecule has 0 saturated heterocycles. The first kappa shape index (κ1) is 26.2.